The first-order valence-corrected chi connectivity index (χ1v) is 3.12. The van der Waals surface area contributed by atoms with Crippen LogP contribution in [0.25, 0.3) is 0 Å². The number of hydrogen-bond donors (Lipinski definition) is 0. The Bertz CT molecular complexity index is 279. The molecule has 48 valence electrons. The van der Waals surface area contributed by atoms with Crippen molar-refractivity contribution < 1.29 is 13.6 Å². The standard InChI is InChI=1S/C6H6O2S/c1-8-5-2-3-9-6(5)4-7/h2-4H,1H3/i1D3. The molecule has 9 heavy (non-hydrogen) atoms. The van der Waals surface area contributed by atoms with Crippen molar-refractivity contribution in [2.75, 3.05) is 7.04 Å². The van der Waals surface area contributed by atoms with Crippen LogP contribution in [0.5, 0.6) is 5.75 Å². The van der Waals surface area contributed by atoms with E-state index < -0.39 is 7.04 Å². The Kier molecular flexibility index (Phi) is 0.987. The minimum Gasteiger partial charge on any atom is -0.495 e. The second-order valence-corrected chi connectivity index (χ2v) is 2.32. The minimum absolute atomic E-state index is 0.120. The molecule has 2 nitrogen and oxygen atoms in total. The molecule has 1 aromatic heterocycles. The predicted molar refractivity (Wildman–Crippen MR) is 36.3 cm³/mol. The molecule has 0 aliphatic carbocycles. The van der Waals surface area contributed by atoms with E-state index in [1.165, 1.54) is 6.07 Å². The smallest absolute Gasteiger partial charge is 0.163 e. The zero-order chi connectivity index (χ0) is 9.19. The molecule has 0 aliphatic rings. The van der Waals surface area contributed by atoms with E-state index in [0.717, 1.165) is 11.3 Å². The van der Waals surface area contributed by atoms with Gasteiger partial charge in [-0.15, -0.1) is 11.3 Å². The first-order valence-electron chi connectivity index (χ1n) is 3.74. The summed E-state index contributed by atoms with van der Waals surface area (Å²) in [5.74, 6) is 0.120. The zero-order valence-electron chi connectivity index (χ0n) is 7.46. The lowest BCUT2D eigenvalue weighted by molar-refractivity contribution is 0.112. The van der Waals surface area contributed by atoms with Gasteiger partial charge in [-0.25, -0.2) is 0 Å². The second kappa shape index (κ2) is 2.64. The van der Waals surface area contributed by atoms with Crippen molar-refractivity contribution in [2.45, 2.75) is 0 Å². The highest BCUT2D eigenvalue weighted by atomic mass is 32.1. The van der Waals surface area contributed by atoms with Gasteiger partial charge in [0.25, 0.3) is 0 Å². The Labute approximate surface area is 61.3 Å². The highest BCUT2D eigenvalue weighted by Gasteiger charge is 1.99. The molecule has 0 N–H and O–H groups in total. The zero-order valence-corrected chi connectivity index (χ0v) is 5.27. The molecule has 1 aromatic rings. The summed E-state index contributed by atoms with van der Waals surface area (Å²) < 4.78 is 24.9. The van der Waals surface area contributed by atoms with E-state index in [4.69, 9.17) is 4.11 Å². The number of methoxy groups -OCH3 is 1. The van der Waals surface area contributed by atoms with Gasteiger partial charge < -0.3 is 4.74 Å². The number of hydrogen-bond acceptors (Lipinski definition) is 3. The normalized spacial score (nSPS) is 15.3. The third-order valence-electron chi connectivity index (χ3n) is 0.874. The van der Waals surface area contributed by atoms with Gasteiger partial charge in [0.05, 0.1) is 11.2 Å². The third-order valence-corrected chi connectivity index (χ3v) is 1.70. The van der Waals surface area contributed by atoms with Gasteiger partial charge in [0, 0.05) is 0 Å². The van der Waals surface area contributed by atoms with Crippen LogP contribution in [0.1, 0.15) is 13.8 Å². The predicted octanol–water partition coefficient (Wildman–Crippen LogP) is 1.57. The minimum atomic E-state index is -2.49. The van der Waals surface area contributed by atoms with Gasteiger partial charge in [0.15, 0.2) is 6.29 Å². The molecule has 0 saturated carbocycles. The fourth-order valence-corrected chi connectivity index (χ4v) is 1.10. The lowest BCUT2D eigenvalue weighted by atomic mass is 10.5. The lowest BCUT2D eigenvalue weighted by Crippen LogP contribution is -1.82. The summed E-state index contributed by atoms with van der Waals surface area (Å²) >= 11 is 1.15. The maximum atomic E-state index is 10.3. The molecule has 0 atom stereocenters. The van der Waals surface area contributed by atoms with Gasteiger partial charge in [0.1, 0.15) is 10.6 Å². The number of rotatable bonds is 2. The van der Waals surface area contributed by atoms with Crippen molar-refractivity contribution in [1.29, 1.82) is 0 Å². The molecule has 0 radical (unpaired) electrons. The molecule has 1 rings (SSSR count). The Morgan fingerprint density at radius 1 is 2.00 bits per heavy atom. The molecule has 0 aromatic carbocycles. The van der Waals surface area contributed by atoms with Crippen molar-refractivity contribution in [3.8, 4) is 5.75 Å². The van der Waals surface area contributed by atoms with Gasteiger partial charge in [-0.05, 0) is 11.4 Å². The van der Waals surface area contributed by atoms with Crippen LogP contribution in [-0.4, -0.2) is 13.3 Å². The maximum Gasteiger partial charge on any atom is 0.163 e. The van der Waals surface area contributed by atoms with Crippen molar-refractivity contribution in [3.63, 3.8) is 0 Å². The molecule has 1 heterocycles. The topological polar surface area (TPSA) is 26.3 Å². The van der Waals surface area contributed by atoms with Crippen LogP contribution in [0.4, 0.5) is 0 Å². The summed E-state index contributed by atoms with van der Waals surface area (Å²) in [5, 5.41) is 1.60. The Hall–Kier alpha value is -0.830. The summed E-state index contributed by atoms with van der Waals surface area (Å²) in [6.07, 6.45) is 0.575. The third kappa shape index (κ3) is 1.10. The molecule has 0 unspecified atom stereocenters. The molecule has 0 fully saturated rings. The van der Waals surface area contributed by atoms with Crippen LogP contribution in [-0.2, 0) is 0 Å². The summed E-state index contributed by atoms with van der Waals surface area (Å²) in [6, 6.07) is 1.46. The van der Waals surface area contributed by atoms with Gasteiger partial charge in [-0.1, -0.05) is 0 Å². The molecule has 3 heteroatoms. The van der Waals surface area contributed by atoms with E-state index in [9.17, 15) is 4.79 Å². The van der Waals surface area contributed by atoms with Gasteiger partial charge in [0.2, 0.25) is 0 Å². The highest BCUT2D eigenvalue weighted by molar-refractivity contribution is 7.12. The van der Waals surface area contributed by atoms with E-state index in [2.05, 4.69) is 4.74 Å². The first kappa shape index (κ1) is 3.37. The van der Waals surface area contributed by atoms with Crippen LogP contribution in [0.2, 0.25) is 0 Å². The van der Waals surface area contributed by atoms with E-state index >= 15 is 0 Å². The van der Waals surface area contributed by atoms with Crippen molar-refractivity contribution >= 4 is 17.6 Å². The number of carbonyl (C=O) groups is 1. The molecular formula is C6H6O2S. The SMILES string of the molecule is [2H]C([2H])([2H])Oc1ccsc1C=O. The average Bonchev–Trinajstić information content (AvgIpc) is 2.31. The summed E-state index contributed by atoms with van der Waals surface area (Å²) in [4.78, 5) is 10.6. The Morgan fingerprint density at radius 3 is 3.56 bits per heavy atom. The van der Waals surface area contributed by atoms with Gasteiger partial charge in [-0.2, -0.15) is 0 Å². The van der Waals surface area contributed by atoms with Crippen LogP contribution >= 0.6 is 11.3 Å². The number of aldehydes is 1. The monoisotopic (exact) mass is 145 g/mol. The van der Waals surface area contributed by atoms with E-state index in [0.29, 0.717) is 11.2 Å². The molecule has 0 spiro atoms. The quantitative estimate of drug-likeness (QED) is 0.590. The maximum absolute atomic E-state index is 10.3. The van der Waals surface area contributed by atoms with E-state index in [1.807, 2.05) is 0 Å². The van der Waals surface area contributed by atoms with Gasteiger partial charge >= 0.3 is 0 Å². The number of thiophene rings is 1. The molecular weight excluding hydrogens is 136 g/mol. The van der Waals surface area contributed by atoms with Crippen molar-refractivity contribution in [3.05, 3.63) is 16.3 Å². The summed E-state index contributed by atoms with van der Waals surface area (Å²) in [7, 11) is -2.49. The molecule has 0 saturated heterocycles. The fourth-order valence-electron chi connectivity index (χ4n) is 0.480. The van der Waals surface area contributed by atoms with Crippen LogP contribution in [0.3, 0.4) is 0 Å². The van der Waals surface area contributed by atoms with E-state index in [1.54, 1.807) is 5.38 Å². The Morgan fingerprint density at radius 2 is 2.89 bits per heavy atom. The Balaban J connectivity index is 2.81. The summed E-state index contributed by atoms with van der Waals surface area (Å²) in [5.41, 5.74) is 0. The fraction of sp³-hybridized carbons (Fsp3) is 0.167. The number of ether oxygens (including phenoxy) is 1. The first-order chi connectivity index (χ1) is 5.53. The van der Waals surface area contributed by atoms with Crippen LogP contribution in [0, 0.1) is 0 Å². The van der Waals surface area contributed by atoms with Crippen molar-refractivity contribution in [1.82, 2.24) is 0 Å². The number of carbonyl (C=O) groups excluding carboxylic acids is 1. The molecule has 0 amide bonds. The lowest BCUT2D eigenvalue weighted by Gasteiger charge is -1.92. The largest absolute Gasteiger partial charge is 0.495 e. The van der Waals surface area contributed by atoms with Crippen molar-refractivity contribution in [2.24, 2.45) is 0 Å². The molecule has 0 bridgehead atoms. The van der Waals surface area contributed by atoms with Crippen LogP contribution < -0.4 is 4.74 Å². The van der Waals surface area contributed by atoms with Crippen LogP contribution in [0.15, 0.2) is 11.4 Å². The highest BCUT2D eigenvalue weighted by Crippen LogP contribution is 2.21. The van der Waals surface area contributed by atoms with E-state index in [-0.39, 0.29) is 5.75 Å². The average molecular weight is 145 g/mol. The second-order valence-electron chi connectivity index (χ2n) is 1.37. The van der Waals surface area contributed by atoms with Gasteiger partial charge in [-0.3, -0.25) is 4.79 Å². The summed E-state index contributed by atoms with van der Waals surface area (Å²) in [6.45, 7) is 0. The molecule has 0 aliphatic heterocycles.